The molecule has 0 aromatic carbocycles. The third-order valence-corrected chi connectivity index (χ3v) is 3.07. The maximum absolute atomic E-state index is 11.4. The maximum atomic E-state index is 11.4. The number of carbonyl (C=O) groups excluding carboxylic acids is 1. The first-order chi connectivity index (χ1) is 9.45. The Morgan fingerprint density at radius 1 is 1.65 bits per heavy atom. The predicted octanol–water partition coefficient (Wildman–Crippen LogP) is 1.22. The first-order valence-electron chi connectivity index (χ1n) is 5.99. The summed E-state index contributed by atoms with van der Waals surface area (Å²) in [6.07, 6.45) is 1.25. The van der Waals surface area contributed by atoms with E-state index in [-0.39, 0.29) is 22.5 Å². The van der Waals surface area contributed by atoms with Crippen molar-refractivity contribution < 1.29 is 19.2 Å². The molecule has 8 nitrogen and oxygen atoms in total. The second-order valence-electron chi connectivity index (χ2n) is 5.00. The van der Waals surface area contributed by atoms with Crippen molar-refractivity contribution in [3.63, 3.8) is 0 Å². The zero-order valence-electron chi connectivity index (χ0n) is 11.2. The minimum Gasteiger partial charge on any atom is -0.465 e. The minimum absolute atomic E-state index is 0.0444. The summed E-state index contributed by atoms with van der Waals surface area (Å²) in [6.45, 7) is 3.73. The maximum Gasteiger partial charge on any atom is 0.339 e. The van der Waals surface area contributed by atoms with Gasteiger partial charge >= 0.3 is 11.7 Å². The normalized spacial score (nSPS) is 16.1. The molecule has 1 aromatic rings. The second kappa shape index (κ2) is 5.41. The largest absolute Gasteiger partial charge is 0.465 e. The third-order valence-electron chi connectivity index (χ3n) is 3.07. The lowest BCUT2D eigenvalue weighted by Gasteiger charge is -2.38. The van der Waals surface area contributed by atoms with Crippen molar-refractivity contribution >= 4 is 17.5 Å². The summed E-state index contributed by atoms with van der Waals surface area (Å²) in [4.78, 5) is 25.7. The predicted molar refractivity (Wildman–Crippen MR) is 69.6 cm³/mol. The van der Waals surface area contributed by atoms with Crippen molar-refractivity contribution in [2.75, 3.05) is 32.2 Å². The Bertz CT molecular complexity index is 542. The number of aromatic nitrogens is 1. The quantitative estimate of drug-likeness (QED) is 0.491. The number of rotatable bonds is 5. The Morgan fingerprint density at radius 3 is 2.85 bits per heavy atom. The van der Waals surface area contributed by atoms with Crippen LogP contribution >= 0.6 is 0 Å². The Balaban J connectivity index is 2.19. The van der Waals surface area contributed by atoms with Gasteiger partial charge in [0, 0.05) is 24.2 Å². The van der Waals surface area contributed by atoms with Crippen LogP contribution < -0.4 is 5.32 Å². The number of carbonyl (C=O) groups is 1. The van der Waals surface area contributed by atoms with Crippen LogP contribution in [0.5, 0.6) is 0 Å². The smallest absolute Gasteiger partial charge is 0.339 e. The van der Waals surface area contributed by atoms with Crippen LogP contribution in [0.1, 0.15) is 17.3 Å². The lowest BCUT2D eigenvalue weighted by molar-refractivity contribution is -0.384. The van der Waals surface area contributed by atoms with Gasteiger partial charge < -0.3 is 14.8 Å². The molecule has 108 valence electrons. The molecule has 0 radical (unpaired) electrons. The van der Waals surface area contributed by atoms with Gasteiger partial charge in [-0.15, -0.1) is 0 Å². The molecule has 20 heavy (non-hydrogen) atoms. The lowest BCUT2D eigenvalue weighted by atomic mass is 9.89. The number of esters is 1. The fourth-order valence-corrected chi connectivity index (χ4v) is 1.81. The van der Waals surface area contributed by atoms with Gasteiger partial charge in [0.05, 0.1) is 30.8 Å². The molecule has 1 aliphatic rings. The van der Waals surface area contributed by atoms with Gasteiger partial charge in [0.1, 0.15) is 0 Å². The van der Waals surface area contributed by atoms with E-state index in [1.807, 2.05) is 6.92 Å². The Morgan fingerprint density at radius 2 is 2.35 bits per heavy atom. The molecule has 1 saturated heterocycles. The van der Waals surface area contributed by atoms with Gasteiger partial charge in [0.25, 0.3) is 0 Å². The topological polar surface area (TPSA) is 104 Å². The molecule has 0 aliphatic carbocycles. The van der Waals surface area contributed by atoms with Crippen molar-refractivity contribution in [1.82, 2.24) is 4.98 Å². The van der Waals surface area contributed by atoms with E-state index in [1.54, 1.807) is 0 Å². The summed E-state index contributed by atoms with van der Waals surface area (Å²) < 4.78 is 9.63. The summed E-state index contributed by atoms with van der Waals surface area (Å²) in [7, 11) is 1.21. The van der Waals surface area contributed by atoms with Crippen LogP contribution in [0, 0.1) is 15.5 Å². The fourth-order valence-electron chi connectivity index (χ4n) is 1.81. The van der Waals surface area contributed by atoms with E-state index in [9.17, 15) is 14.9 Å². The third kappa shape index (κ3) is 2.85. The number of hydrogen-bond acceptors (Lipinski definition) is 7. The van der Waals surface area contributed by atoms with Gasteiger partial charge in [-0.25, -0.2) is 9.78 Å². The molecule has 0 spiro atoms. The number of nitrogens with one attached hydrogen (secondary N) is 1. The average Bonchev–Trinajstić information content (AvgIpc) is 2.41. The molecule has 1 aliphatic heterocycles. The van der Waals surface area contributed by atoms with E-state index in [4.69, 9.17) is 4.74 Å². The van der Waals surface area contributed by atoms with Gasteiger partial charge in [0.15, 0.2) is 0 Å². The first kappa shape index (κ1) is 14.2. The molecule has 2 rings (SSSR count). The van der Waals surface area contributed by atoms with Gasteiger partial charge in [-0.05, 0) is 0 Å². The fraction of sp³-hybridized carbons (Fsp3) is 0.500. The Labute approximate surface area is 115 Å². The Kier molecular flexibility index (Phi) is 3.84. The van der Waals surface area contributed by atoms with Crippen molar-refractivity contribution in [2.45, 2.75) is 6.92 Å². The van der Waals surface area contributed by atoms with Crippen molar-refractivity contribution in [3.8, 4) is 0 Å². The van der Waals surface area contributed by atoms with Crippen LogP contribution in [0.25, 0.3) is 0 Å². The van der Waals surface area contributed by atoms with E-state index in [2.05, 4.69) is 15.0 Å². The molecule has 1 fully saturated rings. The number of methoxy groups -OCH3 is 1. The van der Waals surface area contributed by atoms with Crippen LogP contribution in [0.3, 0.4) is 0 Å². The standard InChI is InChI=1S/C12H15N3O5/c1-12(6-20-7-12)5-14-10-9(15(17)18)3-8(4-13-10)11(16)19-2/h3-4H,5-7H2,1-2H3,(H,13,14). The summed E-state index contributed by atoms with van der Waals surface area (Å²) in [5.41, 5.74) is -0.254. The van der Waals surface area contributed by atoms with E-state index >= 15 is 0 Å². The van der Waals surface area contributed by atoms with E-state index < -0.39 is 10.9 Å². The van der Waals surface area contributed by atoms with Gasteiger partial charge in [-0.1, -0.05) is 6.92 Å². The number of anilines is 1. The van der Waals surface area contributed by atoms with E-state index in [0.29, 0.717) is 19.8 Å². The van der Waals surface area contributed by atoms with Crippen LogP contribution in [0.4, 0.5) is 11.5 Å². The van der Waals surface area contributed by atoms with Crippen LogP contribution in [-0.2, 0) is 9.47 Å². The molecular weight excluding hydrogens is 266 g/mol. The van der Waals surface area contributed by atoms with Gasteiger partial charge in [0.2, 0.25) is 5.82 Å². The summed E-state index contributed by atoms with van der Waals surface area (Å²) >= 11 is 0. The Hall–Kier alpha value is -2.22. The highest BCUT2D eigenvalue weighted by molar-refractivity contribution is 5.90. The zero-order valence-corrected chi connectivity index (χ0v) is 11.2. The molecule has 0 saturated carbocycles. The van der Waals surface area contributed by atoms with E-state index in [1.165, 1.54) is 13.3 Å². The first-order valence-corrected chi connectivity index (χ1v) is 5.99. The lowest BCUT2D eigenvalue weighted by Crippen LogP contribution is -2.45. The highest BCUT2D eigenvalue weighted by atomic mass is 16.6. The highest BCUT2D eigenvalue weighted by Gasteiger charge is 2.34. The molecule has 0 amide bonds. The van der Waals surface area contributed by atoms with Gasteiger partial charge in [-0.3, -0.25) is 10.1 Å². The van der Waals surface area contributed by atoms with Crippen molar-refractivity contribution in [3.05, 3.63) is 27.9 Å². The van der Waals surface area contributed by atoms with Crippen LogP contribution in [0.2, 0.25) is 0 Å². The monoisotopic (exact) mass is 281 g/mol. The van der Waals surface area contributed by atoms with Crippen LogP contribution in [0.15, 0.2) is 12.3 Å². The molecule has 8 heteroatoms. The number of ether oxygens (including phenoxy) is 2. The summed E-state index contributed by atoms with van der Waals surface area (Å²) in [6, 6.07) is 1.15. The summed E-state index contributed by atoms with van der Waals surface area (Å²) in [5.74, 6) is -0.526. The number of pyridine rings is 1. The van der Waals surface area contributed by atoms with Crippen molar-refractivity contribution in [2.24, 2.45) is 5.41 Å². The second-order valence-corrected chi connectivity index (χ2v) is 5.00. The molecule has 0 atom stereocenters. The molecule has 2 heterocycles. The highest BCUT2D eigenvalue weighted by Crippen LogP contribution is 2.29. The molecule has 1 N–H and O–H groups in total. The van der Waals surface area contributed by atoms with E-state index in [0.717, 1.165) is 6.07 Å². The zero-order chi connectivity index (χ0) is 14.8. The number of nitro groups is 1. The average molecular weight is 281 g/mol. The SMILES string of the molecule is COC(=O)c1cnc(NCC2(C)COC2)c([N+](=O)[O-])c1. The molecule has 0 bridgehead atoms. The summed E-state index contributed by atoms with van der Waals surface area (Å²) in [5, 5.41) is 14.0. The molecule has 1 aromatic heterocycles. The number of nitrogens with zero attached hydrogens (tertiary/aromatic N) is 2. The minimum atomic E-state index is -0.661. The van der Waals surface area contributed by atoms with Gasteiger partial charge in [-0.2, -0.15) is 0 Å². The van der Waals surface area contributed by atoms with Crippen molar-refractivity contribution in [1.29, 1.82) is 0 Å². The molecule has 0 unspecified atom stereocenters. The molecular formula is C12H15N3O5. The van der Waals surface area contributed by atoms with Crippen LogP contribution in [-0.4, -0.2) is 42.7 Å². The number of hydrogen-bond donors (Lipinski definition) is 1.